The Kier molecular flexibility index (Phi) is 5.44. The van der Waals surface area contributed by atoms with Crippen LogP contribution in [-0.4, -0.2) is 32.1 Å². The standard InChI is InChI=1S/C18H18N2O7/c1-18(2,3)27-15(21)10-19-9-12(8-14(16(19)22)17(23)24)11-4-6-13(7-5-11)20(25)26/h4-9H,10H2,1-3H3,(H,23,24). The predicted molar refractivity (Wildman–Crippen MR) is 95.6 cm³/mol. The van der Waals surface area contributed by atoms with E-state index in [9.17, 15) is 29.6 Å². The number of aromatic carboxylic acids is 1. The van der Waals surface area contributed by atoms with Gasteiger partial charge < -0.3 is 14.4 Å². The van der Waals surface area contributed by atoms with Crippen molar-refractivity contribution in [2.24, 2.45) is 0 Å². The van der Waals surface area contributed by atoms with E-state index in [0.717, 1.165) is 10.6 Å². The molecule has 27 heavy (non-hydrogen) atoms. The maximum atomic E-state index is 12.3. The van der Waals surface area contributed by atoms with Crippen LogP contribution in [0.1, 0.15) is 31.1 Å². The molecule has 1 aromatic carbocycles. The Morgan fingerprint density at radius 2 is 1.78 bits per heavy atom. The van der Waals surface area contributed by atoms with E-state index < -0.39 is 40.1 Å². The minimum atomic E-state index is -1.44. The number of esters is 1. The second-order valence-electron chi connectivity index (χ2n) is 6.77. The van der Waals surface area contributed by atoms with Gasteiger partial charge in [-0.05, 0) is 50.1 Å². The quantitative estimate of drug-likeness (QED) is 0.483. The smallest absolute Gasteiger partial charge is 0.341 e. The van der Waals surface area contributed by atoms with Crippen molar-refractivity contribution in [2.75, 3.05) is 0 Å². The Hall–Kier alpha value is -3.49. The first-order valence-corrected chi connectivity index (χ1v) is 7.92. The van der Waals surface area contributed by atoms with Gasteiger partial charge in [-0.3, -0.25) is 19.7 Å². The maximum Gasteiger partial charge on any atom is 0.341 e. The van der Waals surface area contributed by atoms with Crippen LogP contribution < -0.4 is 5.56 Å². The number of rotatable bonds is 5. The molecule has 0 aliphatic carbocycles. The number of aromatic nitrogens is 1. The molecule has 9 nitrogen and oxygen atoms in total. The van der Waals surface area contributed by atoms with Crippen molar-refractivity contribution in [3.8, 4) is 11.1 Å². The topological polar surface area (TPSA) is 129 Å². The lowest BCUT2D eigenvalue weighted by atomic mass is 10.1. The summed E-state index contributed by atoms with van der Waals surface area (Å²) in [5.74, 6) is -2.14. The number of carbonyl (C=O) groups excluding carboxylic acids is 1. The summed E-state index contributed by atoms with van der Waals surface area (Å²) in [5, 5.41) is 20.0. The molecule has 0 saturated carbocycles. The second-order valence-corrected chi connectivity index (χ2v) is 6.77. The number of nitro benzene ring substituents is 1. The number of benzene rings is 1. The number of pyridine rings is 1. The number of nitro groups is 1. The van der Waals surface area contributed by atoms with Crippen LogP contribution in [0, 0.1) is 10.1 Å². The van der Waals surface area contributed by atoms with Gasteiger partial charge >= 0.3 is 11.9 Å². The van der Waals surface area contributed by atoms with Crippen molar-refractivity contribution in [1.29, 1.82) is 0 Å². The van der Waals surface area contributed by atoms with Crippen LogP contribution in [0.4, 0.5) is 5.69 Å². The summed E-state index contributed by atoms with van der Waals surface area (Å²) in [5.41, 5.74) is -1.47. The summed E-state index contributed by atoms with van der Waals surface area (Å²) in [7, 11) is 0. The molecule has 0 radical (unpaired) electrons. The van der Waals surface area contributed by atoms with Crippen molar-refractivity contribution in [1.82, 2.24) is 4.57 Å². The Balaban J connectivity index is 2.48. The summed E-state index contributed by atoms with van der Waals surface area (Å²) in [6.45, 7) is 4.55. The Morgan fingerprint density at radius 1 is 1.19 bits per heavy atom. The summed E-state index contributed by atoms with van der Waals surface area (Å²) in [6, 6.07) is 6.55. The van der Waals surface area contributed by atoms with Gasteiger partial charge in [0.2, 0.25) is 0 Å². The highest BCUT2D eigenvalue weighted by atomic mass is 16.6. The molecule has 142 valence electrons. The third-order valence-corrected chi connectivity index (χ3v) is 3.45. The SMILES string of the molecule is CC(C)(C)OC(=O)Cn1cc(-c2ccc([N+](=O)[O-])cc2)cc(C(=O)O)c1=O. The molecule has 0 amide bonds. The molecule has 0 aliphatic heterocycles. The average molecular weight is 374 g/mol. The first-order chi connectivity index (χ1) is 12.5. The van der Waals surface area contributed by atoms with Crippen LogP contribution >= 0.6 is 0 Å². The number of carboxylic acid groups (broad SMARTS) is 1. The monoisotopic (exact) mass is 374 g/mol. The minimum absolute atomic E-state index is 0.126. The maximum absolute atomic E-state index is 12.3. The second kappa shape index (κ2) is 7.40. The van der Waals surface area contributed by atoms with Crippen molar-refractivity contribution >= 4 is 17.6 Å². The van der Waals surface area contributed by atoms with Gasteiger partial charge in [0, 0.05) is 18.3 Å². The predicted octanol–water partition coefficient (Wildman–Crippen LogP) is 2.46. The highest BCUT2D eigenvalue weighted by molar-refractivity contribution is 5.89. The average Bonchev–Trinajstić information content (AvgIpc) is 2.54. The molecule has 0 saturated heterocycles. The molecule has 2 rings (SSSR count). The van der Waals surface area contributed by atoms with E-state index in [1.54, 1.807) is 20.8 Å². The van der Waals surface area contributed by atoms with Crippen molar-refractivity contribution < 1.29 is 24.4 Å². The minimum Gasteiger partial charge on any atom is -0.477 e. The molecule has 0 fully saturated rings. The summed E-state index contributed by atoms with van der Waals surface area (Å²) in [4.78, 5) is 45.9. The van der Waals surface area contributed by atoms with Gasteiger partial charge in [-0.25, -0.2) is 4.79 Å². The fraction of sp³-hybridized carbons (Fsp3) is 0.278. The van der Waals surface area contributed by atoms with E-state index in [1.807, 2.05) is 0 Å². The number of hydrogen-bond acceptors (Lipinski definition) is 6. The molecule has 0 unspecified atom stereocenters. The number of non-ortho nitro benzene ring substituents is 1. The lowest BCUT2D eigenvalue weighted by Crippen LogP contribution is -2.32. The van der Waals surface area contributed by atoms with E-state index in [1.165, 1.54) is 30.5 Å². The number of hydrogen-bond donors (Lipinski definition) is 1. The van der Waals surface area contributed by atoms with E-state index in [0.29, 0.717) is 11.1 Å². The molecular formula is C18H18N2O7. The van der Waals surface area contributed by atoms with Crippen LogP contribution in [0.3, 0.4) is 0 Å². The van der Waals surface area contributed by atoms with E-state index in [-0.39, 0.29) is 5.69 Å². The van der Waals surface area contributed by atoms with Gasteiger partial charge in [0.05, 0.1) is 4.92 Å². The third-order valence-electron chi connectivity index (χ3n) is 3.45. The molecule has 1 N–H and O–H groups in total. The van der Waals surface area contributed by atoms with Crippen molar-refractivity contribution in [2.45, 2.75) is 32.9 Å². The van der Waals surface area contributed by atoms with Gasteiger partial charge in [-0.2, -0.15) is 0 Å². The van der Waals surface area contributed by atoms with Gasteiger partial charge in [0.15, 0.2) is 0 Å². The molecule has 0 aliphatic rings. The van der Waals surface area contributed by atoms with Gasteiger partial charge in [0.25, 0.3) is 11.2 Å². The highest BCUT2D eigenvalue weighted by Gasteiger charge is 2.20. The number of ether oxygens (including phenoxy) is 1. The molecule has 0 atom stereocenters. The summed E-state index contributed by atoms with van der Waals surface area (Å²) < 4.78 is 6.12. The molecule has 0 bridgehead atoms. The van der Waals surface area contributed by atoms with Gasteiger partial charge in [-0.15, -0.1) is 0 Å². The van der Waals surface area contributed by atoms with E-state index >= 15 is 0 Å². The number of nitrogens with zero attached hydrogens (tertiary/aromatic N) is 2. The summed E-state index contributed by atoms with van der Waals surface area (Å²) >= 11 is 0. The van der Waals surface area contributed by atoms with Crippen LogP contribution in [0.25, 0.3) is 11.1 Å². The first kappa shape index (κ1) is 19.8. The summed E-state index contributed by atoms with van der Waals surface area (Å²) in [6.07, 6.45) is 1.32. The fourth-order valence-corrected chi connectivity index (χ4v) is 2.35. The number of carbonyl (C=O) groups is 2. The zero-order valence-corrected chi connectivity index (χ0v) is 15.0. The molecule has 1 heterocycles. The van der Waals surface area contributed by atoms with Crippen LogP contribution in [0.15, 0.2) is 41.3 Å². The van der Waals surface area contributed by atoms with Gasteiger partial charge in [-0.1, -0.05) is 0 Å². The van der Waals surface area contributed by atoms with Crippen molar-refractivity contribution in [3.63, 3.8) is 0 Å². The zero-order chi connectivity index (χ0) is 20.4. The molecule has 2 aromatic rings. The molecule has 1 aromatic heterocycles. The van der Waals surface area contributed by atoms with Gasteiger partial charge in [0.1, 0.15) is 17.7 Å². The molecule has 0 spiro atoms. The van der Waals surface area contributed by atoms with Crippen LogP contribution in [-0.2, 0) is 16.1 Å². The normalized spacial score (nSPS) is 11.1. The molecular weight excluding hydrogens is 356 g/mol. The lowest BCUT2D eigenvalue weighted by Gasteiger charge is -2.20. The third kappa shape index (κ3) is 5.00. The lowest BCUT2D eigenvalue weighted by molar-refractivity contribution is -0.384. The zero-order valence-electron chi connectivity index (χ0n) is 15.0. The first-order valence-electron chi connectivity index (χ1n) is 7.92. The Bertz CT molecular complexity index is 953. The largest absolute Gasteiger partial charge is 0.477 e. The van der Waals surface area contributed by atoms with Crippen molar-refractivity contribution in [3.05, 3.63) is 62.6 Å². The van der Waals surface area contributed by atoms with Crippen LogP contribution in [0.2, 0.25) is 0 Å². The van der Waals surface area contributed by atoms with E-state index in [2.05, 4.69) is 0 Å². The highest BCUT2D eigenvalue weighted by Crippen LogP contribution is 2.22. The Morgan fingerprint density at radius 3 is 2.26 bits per heavy atom. The number of carboxylic acids is 1. The Labute approximate surface area is 154 Å². The van der Waals surface area contributed by atoms with E-state index in [4.69, 9.17) is 4.74 Å². The van der Waals surface area contributed by atoms with Crippen LogP contribution in [0.5, 0.6) is 0 Å². The molecule has 9 heteroatoms. The fourth-order valence-electron chi connectivity index (χ4n) is 2.35.